The fraction of sp³-hybridized carbons (Fsp3) is 0.545. The van der Waals surface area contributed by atoms with Crippen molar-refractivity contribution >= 4 is 17.3 Å². The standard InChI is InChI=1S/C22H27NO4/c1-21(2)9-14(24)19(15(25)10-21)18(13-5-7-23-8-6-13)20-16(26)11-22(3,4)12-17(20)27/h5-8,18-19,26H,9-12H2,1-4H3/t18-/m1/s1. The molecule has 2 aliphatic carbocycles. The van der Waals surface area contributed by atoms with Crippen LogP contribution in [0.3, 0.4) is 0 Å². The topological polar surface area (TPSA) is 84.3 Å². The third-order valence-corrected chi connectivity index (χ3v) is 5.61. The molecule has 1 fully saturated rings. The number of nitrogens with zero attached hydrogens (tertiary/aromatic N) is 1. The smallest absolute Gasteiger partial charge is 0.163 e. The summed E-state index contributed by atoms with van der Waals surface area (Å²) in [5, 5.41) is 10.7. The Hall–Kier alpha value is -2.30. The van der Waals surface area contributed by atoms with Crippen LogP contribution >= 0.6 is 0 Å². The number of aliphatic hydroxyl groups is 1. The van der Waals surface area contributed by atoms with Crippen molar-refractivity contribution in [3.05, 3.63) is 41.4 Å². The van der Waals surface area contributed by atoms with Crippen molar-refractivity contribution in [2.75, 3.05) is 0 Å². The normalized spacial score (nSPS) is 24.2. The van der Waals surface area contributed by atoms with Gasteiger partial charge in [-0.2, -0.15) is 0 Å². The molecule has 0 radical (unpaired) electrons. The number of carbonyl (C=O) groups is 3. The lowest BCUT2D eigenvalue weighted by atomic mass is 9.62. The molecular weight excluding hydrogens is 342 g/mol. The van der Waals surface area contributed by atoms with Gasteiger partial charge in [-0.1, -0.05) is 27.7 Å². The molecule has 5 heteroatoms. The number of hydrogen-bond donors (Lipinski definition) is 1. The maximum atomic E-state index is 13.0. The summed E-state index contributed by atoms with van der Waals surface area (Å²) in [5.74, 6) is -2.16. The minimum Gasteiger partial charge on any atom is -0.512 e. The van der Waals surface area contributed by atoms with Crippen molar-refractivity contribution in [2.24, 2.45) is 16.7 Å². The van der Waals surface area contributed by atoms with Crippen LogP contribution in [0.5, 0.6) is 0 Å². The van der Waals surface area contributed by atoms with E-state index in [1.54, 1.807) is 24.5 Å². The largest absolute Gasteiger partial charge is 0.512 e. The van der Waals surface area contributed by atoms with Gasteiger partial charge in [0, 0.05) is 49.6 Å². The van der Waals surface area contributed by atoms with Crippen LogP contribution in [0.15, 0.2) is 35.9 Å². The molecule has 144 valence electrons. The van der Waals surface area contributed by atoms with Crippen LogP contribution in [0.1, 0.15) is 64.9 Å². The van der Waals surface area contributed by atoms with Crippen LogP contribution in [-0.2, 0) is 14.4 Å². The first-order chi connectivity index (χ1) is 12.5. The Bertz CT molecular complexity index is 800. The van der Waals surface area contributed by atoms with Gasteiger partial charge in [0.05, 0.1) is 5.92 Å². The summed E-state index contributed by atoms with van der Waals surface area (Å²) in [6.45, 7) is 7.68. The number of aromatic nitrogens is 1. The quantitative estimate of drug-likeness (QED) is 0.816. The fourth-order valence-corrected chi connectivity index (χ4v) is 4.53. The van der Waals surface area contributed by atoms with Crippen molar-refractivity contribution in [1.29, 1.82) is 0 Å². The molecule has 2 aliphatic rings. The molecule has 1 saturated carbocycles. The van der Waals surface area contributed by atoms with Crippen molar-refractivity contribution in [3.8, 4) is 0 Å². The zero-order valence-corrected chi connectivity index (χ0v) is 16.4. The molecule has 1 heterocycles. The molecule has 5 nitrogen and oxygen atoms in total. The van der Waals surface area contributed by atoms with Crippen molar-refractivity contribution < 1.29 is 19.5 Å². The van der Waals surface area contributed by atoms with E-state index >= 15 is 0 Å². The number of Topliss-reactive ketones (excluding diaryl/α,β-unsaturated/α-hetero) is 3. The van der Waals surface area contributed by atoms with E-state index in [1.165, 1.54) is 0 Å². The molecule has 0 aromatic carbocycles. The van der Waals surface area contributed by atoms with Crippen LogP contribution in [0.2, 0.25) is 0 Å². The summed E-state index contributed by atoms with van der Waals surface area (Å²) in [6.07, 6.45) is 4.39. The Morgan fingerprint density at radius 3 is 1.96 bits per heavy atom. The van der Waals surface area contributed by atoms with Gasteiger partial charge in [-0.05, 0) is 28.5 Å². The van der Waals surface area contributed by atoms with Gasteiger partial charge in [-0.25, -0.2) is 0 Å². The highest BCUT2D eigenvalue weighted by Gasteiger charge is 2.48. The monoisotopic (exact) mass is 369 g/mol. The molecule has 1 aromatic heterocycles. The predicted molar refractivity (Wildman–Crippen MR) is 101 cm³/mol. The Labute approximate surface area is 159 Å². The maximum absolute atomic E-state index is 13.0. The molecule has 0 unspecified atom stereocenters. The molecular formula is C22H27NO4. The molecule has 0 spiro atoms. The lowest BCUT2D eigenvalue weighted by molar-refractivity contribution is -0.140. The fourth-order valence-electron chi connectivity index (χ4n) is 4.53. The third kappa shape index (κ3) is 3.87. The van der Waals surface area contributed by atoms with Gasteiger partial charge in [-0.3, -0.25) is 19.4 Å². The van der Waals surface area contributed by atoms with E-state index < -0.39 is 11.8 Å². The van der Waals surface area contributed by atoms with Crippen LogP contribution < -0.4 is 0 Å². The number of ketones is 3. The lowest BCUT2D eigenvalue weighted by Gasteiger charge is -2.38. The summed E-state index contributed by atoms with van der Waals surface area (Å²) in [6, 6.07) is 3.44. The zero-order chi connectivity index (χ0) is 20.0. The minimum absolute atomic E-state index is 0.00324. The number of rotatable bonds is 3. The number of carbonyl (C=O) groups excluding carboxylic acids is 3. The van der Waals surface area contributed by atoms with E-state index in [2.05, 4.69) is 4.98 Å². The van der Waals surface area contributed by atoms with Gasteiger partial charge in [0.15, 0.2) is 5.78 Å². The molecule has 27 heavy (non-hydrogen) atoms. The number of aliphatic hydroxyl groups excluding tert-OH is 1. The van der Waals surface area contributed by atoms with E-state index in [-0.39, 0.29) is 45.9 Å². The van der Waals surface area contributed by atoms with E-state index in [9.17, 15) is 19.5 Å². The van der Waals surface area contributed by atoms with E-state index in [1.807, 2.05) is 27.7 Å². The zero-order valence-electron chi connectivity index (χ0n) is 16.4. The second kappa shape index (κ2) is 6.70. The SMILES string of the molecule is CC1(C)CC(=O)C([C@H](C2=C(O)CC(C)(C)CC2=O)c2ccncc2)C(=O)C1. The summed E-state index contributed by atoms with van der Waals surface area (Å²) < 4.78 is 0. The van der Waals surface area contributed by atoms with Crippen molar-refractivity contribution in [2.45, 2.75) is 59.3 Å². The average molecular weight is 369 g/mol. The van der Waals surface area contributed by atoms with Crippen LogP contribution in [-0.4, -0.2) is 27.4 Å². The second-order valence-corrected chi connectivity index (χ2v) is 9.49. The van der Waals surface area contributed by atoms with Gasteiger partial charge in [0.1, 0.15) is 17.3 Å². The van der Waals surface area contributed by atoms with Gasteiger partial charge < -0.3 is 5.11 Å². The molecule has 1 atom stereocenters. The summed E-state index contributed by atoms with van der Waals surface area (Å²) in [7, 11) is 0. The molecule has 3 rings (SSSR count). The Morgan fingerprint density at radius 1 is 0.926 bits per heavy atom. The van der Waals surface area contributed by atoms with E-state index in [0.29, 0.717) is 24.8 Å². The first-order valence-electron chi connectivity index (χ1n) is 9.41. The Balaban J connectivity index is 2.13. The van der Waals surface area contributed by atoms with Crippen molar-refractivity contribution in [1.82, 2.24) is 4.98 Å². The predicted octanol–water partition coefficient (Wildman–Crippen LogP) is 3.94. The molecule has 0 saturated heterocycles. The summed E-state index contributed by atoms with van der Waals surface area (Å²) in [5.41, 5.74) is 0.191. The first kappa shape index (κ1) is 19.5. The van der Waals surface area contributed by atoms with Gasteiger partial charge >= 0.3 is 0 Å². The van der Waals surface area contributed by atoms with Crippen LogP contribution in [0.4, 0.5) is 0 Å². The first-order valence-corrected chi connectivity index (χ1v) is 9.41. The van der Waals surface area contributed by atoms with Gasteiger partial charge in [0.25, 0.3) is 0 Å². The molecule has 1 aromatic rings. The maximum Gasteiger partial charge on any atom is 0.163 e. The summed E-state index contributed by atoms with van der Waals surface area (Å²) in [4.78, 5) is 42.9. The lowest BCUT2D eigenvalue weighted by Crippen LogP contribution is -2.43. The van der Waals surface area contributed by atoms with Crippen LogP contribution in [0, 0.1) is 16.7 Å². The van der Waals surface area contributed by atoms with Gasteiger partial charge in [0.2, 0.25) is 0 Å². The number of pyridine rings is 1. The highest BCUT2D eigenvalue weighted by Crippen LogP contribution is 2.47. The third-order valence-electron chi connectivity index (χ3n) is 5.61. The van der Waals surface area contributed by atoms with Gasteiger partial charge in [-0.15, -0.1) is 0 Å². The average Bonchev–Trinajstić information content (AvgIpc) is 2.50. The highest BCUT2D eigenvalue weighted by molar-refractivity contribution is 6.09. The highest BCUT2D eigenvalue weighted by atomic mass is 16.3. The van der Waals surface area contributed by atoms with Crippen LogP contribution in [0.25, 0.3) is 0 Å². The molecule has 0 bridgehead atoms. The molecule has 0 amide bonds. The van der Waals surface area contributed by atoms with Crippen molar-refractivity contribution in [3.63, 3.8) is 0 Å². The molecule has 0 aliphatic heterocycles. The number of allylic oxidation sites excluding steroid dienone is 2. The number of hydrogen-bond acceptors (Lipinski definition) is 5. The molecule has 1 N–H and O–H groups in total. The second-order valence-electron chi connectivity index (χ2n) is 9.49. The Morgan fingerprint density at radius 2 is 1.44 bits per heavy atom. The minimum atomic E-state index is -0.928. The van der Waals surface area contributed by atoms with E-state index in [0.717, 1.165) is 0 Å². The summed E-state index contributed by atoms with van der Waals surface area (Å²) >= 11 is 0. The van der Waals surface area contributed by atoms with E-state index in [4.69, 9.17) is 0 Å². The Kier molecular flexibility index (Phi) is 4.83.